The van der Waals surface area contributed by atoms with Crippen molar-refractivity contribution < 1.29 is 0 Å². The van der Waals surface area contributed by atoms with Crippen molar-refractivity contribution in [3.63, 3.8) is 0 Å². The largest absolute Gasteiger partial charge is 0.307 e. The molecule has 2 saturated carbocycles. The van der Waals surface area contributed by atoms with Crippen LogP contribution < -0.4 is 5.32 Å². The summed E-state index contributed by atoms with van der Waals surface area (Å²) in [5.74, 6) is 1.87. The van der Waals surface area contributed by atoms with Crippen LogP contribution in [0.5, 0.6) is 0 Å². The second-order valence-electron chi connectivity index (χ2n) is 5.61. The van der Waals surface area contributed by atoms with Crippen LogP contribution in [-0.4, -0.2) is 6.04 Å². The van der Waals surface area contributed by atoms with E-state index in [0.29, 0.717) is 6.04 Å². The summed E-state index contributed by atoms with van der Waals surface area (Å²) in [5, 5.41) is 4.70. The molecule has 92 valence electrons. The lowest BCUT2D eigenvalue weighted by atomic mass is 10.0. The number of halogens is 1. The van der Waals surface area contributed by atoms with Gasteiger partial charge in [-0.2, -0.15) is 0 Å². The molecule has 0 spiro atoms. The Morgan fingerprint density at radius 2 is 1.71 bits per heavy atom. The summed E-state index contributed by atoms with van der Waals surface area (Å²) in [6.45, 7) is 2.24. The predicted molar refractivity (Wildman–Crippen MR) is 72.2 cm³/mol. The van der Waals surface area contributed by atoms with Crippen molar-refractivity contribution in [2.75, 3.05) is 0 Å². The van der Waals surface area contributed by atoms with Crippen molar-refractivity contribution >= 4 is 11.6 Å². The van der Waals surface area contributed by atoms with Gasteiger partial charge in [-0.3, -0.25) is 0 Å². The highest BCUT2D eigenvalue weighted by Crippen LogP contribution is 2.45. The number of hydrogen-bond acceptors (Lipinski definition) is 1. The van der Waals surface area contributed by atoms with Crippen molar-refractivity contribution in [2.24, 2.45) is 11.8 Å². The molecule has 0 amide bonds. The Bertz CT molecular complexity index is 384. The smallest absolute Gasteiger partial charge is 0.0453 e. The minimum absolute atomic E-state index is 0.370. The lowest BCUT2D eigenvalue weighted by Gasteiger charge is -2.24. The molecule has 0 unspecified atom stereocenters. The van der Waals surface area contributed by atoms with Gasteiger partial charge in [-0.15, -0.1) is 0 Å². The molecular formula is C15H20ClN. The van der Waals surface area contributed by atoms with Crippen molar-refractivity contribution in [2.45, 2.75) is 44.7 Å². The lowest BCUT2D eigenvalue weighted by molar-refractivity contribution is 0.377. The standard InChI is InChI=1S/C15H20ClN/c1-10(13-4-2-3-5-14(13)16)17-15(11-6-7-11)12-8-9-12/h2-5,10-12,15,17H,6-9H2,1H3/t10-/m1/s1. The Morgan fingerprint density at radius 1 is 1.12 bits per heavy atom. The topological polar surface area (TPSA) is 12.0 Å². The molecule has 1 N–H and O–H groups in total. The first kappa shape index (κ1) is 11.6. The van der Waals surface area contributed by atoms with E-state index in [-0.39, 0.29) is 0 Å². The Hall–Kier alpha value is -0.530. The molecule has 2 aliphatic rings. The molecule has 0 aliphatic heterocycles. The Balaban J connectivity index is 1.69. The van der Waals surface area contributed by atoms with Gasteiger partial charge in [0.1, 0.15) is 0 Å². The first-order valence-electron chi connectivity index (χ1n) is 6.76. The maximum Gasteiger partial charge on any atom is 0.0453 e. The fourth-order valence-electron chi connectivity index (χ4n) is 2.77. The average molecular weight is 250 g/mol. The molecule has 1 aromatic rings. The lowest BCUT2D eigenvalue weighted by Crippen LogP contribution is -2.35. The van der Waals surface area contributed by atoms with Crippen LogP contribution in [0, 0.1) is 11.8 Å². The van der Waals surface area contributed by atoms with E-state index in [1.807, 2.05) is 12.1 Å². The van der Waals surface area contributed by atoms with E-state index in [4.69, 9.17) is 11.6 Å². The minimum Gasteiger partial charge on any atom is -0.307 e. The highest BCUT2D eigenvalue weighted by molar-refractivity contribution is 6.31. The maximum absolute atomic E-state index is 6.25. The first-order valence-corrected chi connectivity index (χ1v) is 7.14. The Labute approximate surface area is 109 Å². The second kappa shape index (κ2) is 4.62. The van der Waals surface area contributed by atoms with Gasteiger partial charge in [-0.05, 0) is 56.1 Å². The van der Waals surface area contributed by atoms with Crippen LogP contribution in [0.1, 0.15) is 44.2 Å². The number of benzene rings is 1. The predicted octanol–water partition coefficient (Wildman–Crippen LogP) is 4.18. The summed E-state index contributed by atoms with van der Waals surface area (Å²) in [7, 11) is 0. The summed E-state index contributed by atoms with van der Waals surface area (Å²) in [5.41, 5.74) is 1.24. The van der Waals surface area contributed by atoms with Gasteiger partial charge in [0.25, 0.3) is 0 Å². The molecule has 0 aromatic heterocycles. The maximum atomic E-state index is 6.25. The van der Waals surface area contributed by atoms with E-state index < -0.39 is 0 Å². The molecule has 0 bridgehead atoms. The molecule has 1 atom stereocenters. The first-order chi connectivity index (χ1) is 8.25. The minimum atomic E-state index is 0.370. The number of hydrogen-bond donors (Lipinski definition) is 1. The molecule has 2 heteroatoms. The second-order valence-corrected chi connectivity index (χ2v) is 6.02. The van der Waals surface area contributed by atoms with Crippen molar-refractivity contribution in [3.8, 4) is 0 Å². The zero-order valence-corrected chi connectivity index (χ0v) is 11.1. The van der Waals surface area contributed by atoms with Crippen LogP contribution in [0.15, 0.2) is 24.3 Å². The van der Waals surface area contributed by atoms with Crippen LogP contribution in [0.4, 0.5) is 0 Å². The molecule has 2 fully saturated rings. The summed E-state index contributed by atoms with van der Waals surface area (Å²) in [4.78, 5) is 0. The normalized spacial score (nSPS) is 21.8. The van der Waals surface area contributed by atoms with Gasteiger partial charge in [-0.1, -0.05) is 29.8 Å². The van der Waals surface area contributed by atoms with Gasteiger partial charge in [0.15, 0.2) is 0 Å². The van der Waals surface area contributed by atoms with E-state index in [1.165, 1.54) is 31.2 Å². The third-order valence-electron chi connectivity index (χ3n) is 4.07. The van der Waals surface area contributed by atoms with Crippen LogP contribution in [0.25, 0.3) is 0 Å². The molecule has 0 radical (unpaired) electrons. The highest BCUT2D eigenvalue weighted by atomic mass is 35.5. The molecule has 1 aromatic carbocycles. The van der Waals surface area contributed by atoms with Gasteiger partial charge >= 0.3 is 0 Å². The summed E-state index contributed by atoms with van der Waals surface area (Å²) >= 11 is 6.25. The molecule has 17 heavy (non-hydrogen) atoms. The van der Waals surface area contributed by atoms with Gasteiger partial charge in [-0.25, -0.2) is 0 Å². The van der Waals surface area contributed by atoms with Crippen LogP contribution >= 0.6 is 11.6 Å². The van der Waals surface area contributed by atoms with E-state index in [0.717, 1.165) is 22.9 Å². The molecule has 1 nitrogen and oxygen atoms in total. The fourth-order valence-corrected chi connectivity index (χ4v) is 3.07. The van der Waals surface area contributed by atoms with Gasteiger partial charge < -0.3 is 5.32 Å². The Morgan fingerprint density at radius 3 is 2.24 bits per heavy atom. The van der Waals surface area contributed by atoms with Crippen molar-refractivity contribution in [1.82, 2.24) is 5.32 Å². The van der Waals surface area contributed by atoms with Crippen LogP contribution in [0.3, 0.4) is 0 Å². The highest BCUT2D eigenvalue weighted by Gasteiger charge is 2.41. The van der Waals surface area contributed by atoms with Gasteiger partial charge in [0.05, 0.1) is 0 Å². The van der Waals surface area contributed by atoms with Gasteiger partial charge in [0.2, 0.25) is 0 Å². The quantitative estimate of drug-likeness (QED) is 0.826. The monoisotopic (exact) mass is 249 g/mol. The number of rotatable bonds is 5. The van der Waals surface area contributed by atoms with Crippen LogP contribution in [0.2, 0.25) is 5.02 Å². The zero-order chi connectivity index (χ0) is 11.8. The molecule has 3 rings (SSSR count). The van der Waals surface area contributed by atoms with E-state index in [2.05, 4.69) is 24.4 Å². The fraction of sp³-hybridized carbons (Fsp3) is 0.600. The Kier molecular flexibility index (Phi) is 3.14. The molecule has 0 saturated heterocycles. The molecular weight excluding hydrogens is 230 g/mol. The summed E-state index contributed by atoms with van der Waals surface area (Å²) in [6.07, 6.45) is 5.68. The third kappa shape index (κ3) is 2.66. The van der Waals surface area contributed by atoms with E-state index >= 15 is 0 Å². The van der Waals surface area contributed by atoms with E-state index in [1.54, 1.807) is 0 Å². The molecule has 0 heterocycles. The van der Waals surface area contributed by atoms with E-state index in [9.17, 15) is 0 Å². The average Bonchev–Trinajstić information content (AvgIpc) is 3.16. The summed E-state index contributed by atoms with van der Waals surface area (Å²) in [6, 6.07) is 9.30. The third-order valence-corrected chi connectivity index (χ3v) is 4.42. The van der Waals surface area contributed by atoms with Crippen LogP contribution in [-0.2, 0) is 0 Å². The molecule has 2 aliphatic carbocycles. The van der Waals surface area contributed by atoms with Crippen molar-refractivity contribution in [3.05, 3.63) is 34.9 Å². The zero-order valence-electron chi connectivity index (χ0n) is 10.3. The SMILES string of the molecule is C[C@@H](NC(C1CC1)C1CC1)c1ccccc1Cl. The van der Waals surface area contributed by atoms with Crippen molar-refractivity contribution in [1.29, 1.82) is 0 Å². The van der Waals surface area contributed by atoms with Gasteiger partial charge in [0, 0.05) is 17.1 Å². The summed E-state index contributed by atoms with van der Waals surface area (Å²) < 4.78 is 0. The number of nitrogens with one attached hydrogen (secondary N) is 1.